The lowest BCUT2D eigenvalue weighted by molar-refractivity contribution is 0.198. The molecule has 3 heterocycles. The van der Waals surface area contributed by atoms with E-state index in [0.29, 0.717) is 17.9 Å². The Morgan fingerprint density at radius 3 is 2.86 bits per heavy atom. The maximum absolute atomic E-state index is 12.9. The van der Waals surface area contributed by atoms with E-state index in [1.807, 2.05) is 29.8 Å². The summed E-state index contributed by atoms with van der Waals surface area (Å²) in [5.41, 5.74) is 5.18. The van der Waals surface area contributed by atoms with E-state index in [1.54, 1.807) is 35.7 Å². The molecule has 142 valence electrons. The van der Waals surface area contributed by atoms with Gasteiger partial charge in [0.15, 0.2) is 9.84 Å². The maximum atomic E-state index is 12.9. The predicted molar refractivity (Wildman–Crippen MR) is 111 cm³/mol. The minimum absolute atomic E-state index is 0.256. The van der Waals surface area contributed by atoms with Crippen LogP contribution in [-0.4, -0.2) is 36.8 Å². The smallest absolute Gasteiger partial charge is 0.183 e. The summed E-state index contributed by atoms with van der Waals surface area (Å²) in [6.07, 6.45) is 2.25. The van der Waals surface area contributed by atoms with Crippen molar-refractivity contribution >= 4 is 53.7 Å². The standard InChI is InChI=1S/C20H17N3O3S2/c24-28(25,15-6-8-26-11-15)14-2-3-17-16(10-14)18(5-7-21-17)23-13-1-4-20-19(9-13)22-12-27-20/h1-5,7,9-10,12,15H,6,8,11H2,(H,21,23). The molecule has 0 bridgehead atoms. The summed E-state index contributed by atoms with van der Waals surface area (Å²) in [5.74, 6) is 0. The molecule has 8 heteroatoms. The van der Waals surface area contributed by atoms with Gasteiger partial charge in [-0.05, 0) is 48.9 Å². The number of benzene rings is 2. The van der Waals surface area contributed by atoms with E-state index < -0.39 is 15.1 Å². The number of ether oxygens (including phenoxy) is 1. The second-order valence-corrected chi connectivity index (χ2v) is 9.84. The summed E-state index contributed by atoms with van der Waals surface area (Å²) in [5, 5.41) is 3.67. The number of nitrogens with one attached hydrogen (secondary N) is 1. The Labute approximate surface area is 166 Å². The zero-order valence-electron chi connectivity index (χ0n) is 14.8. The molecule has 1 aliphatic rings. The third-order valence-corrected chi connectivity index (χ3v) is 7.95. The zero-order valence-corrected chi connectivity index (χ0v) is 16.5. The molecule has 1 N–H and O–H groups in total. The second-order valence-electron chi connectivity index (χ2n) is 6.73. The lowest BCUT2D eigenvalue weighted by atomic mass is 10.2. The van der Waals surface area contributed by atoms with E-state index in [9.17, 15) is 8.42 Å². The average Bonchev–Trinajstić information content (AvgIpc) is 3.40. The summed E-state index contributed by atoms with van der Waals surface area (Å²) in [6.45, 7) is 0.747. The first-order valence-corrected chi connectivity index (χ1v) is 11.3. The van der Waals surface area contributed by atoms with Crippen LogP contribution in [0.2, 0.25) is 0 Å². The third-order valence-electron chi connectivity index (χ3n) is 4.98. The molecule has 1 unspecified atom stereocenters. The molecule has 2 aromatic heterocycles. The van der Waals surface area contributed by atoms with Crippen LogP contribution in [-0.2, 0) is 14.6 Å². The Kier molecular flexibility index (Phi) is 4.26. The highest BCUT2D eigenvalue weighted by molar-refractivity contribution is 7.92. The number of sulfone groups is 1. The fourth-order valence-corrected chi connectivity index (χ4v) is 5.72. The first kappa shape index (κ1) is 17.5. The SMILES string of the molecule is O=S(=O)(c1ccc2nccc(Nc3ccc4scnc4c3)c2c1)C1CCOC1. The number of pyridine rings is 1. The van der Waals surface area contributed by atoms with Crippen LogP contribution in [0.5, 0.6) is 0 Å². The molecule has 0 radical (unpaired) electrons. The lowest BCUT2D eigenvalue weighted by Gasteiger charge is -2.13. The fraction of sp³-hybridized carbons (Fsp3) is 0.200. The van der Waals surface area contributed by atoms with Gasteiger partial charge in [0.1, 0.15) is 0 Å². The number of fused-ring (bicyclic) bond motifs is 2. The number of rotatable bonds is 4. The van der Waals surface area contributed by atoms with Crippen molar-refractivity contribution in [2.24, 2.45) is 0 Å². The number of hydrogen-bond donors (Lipinski definition) is 1. The quantitative estimate of drug-likeness (QED) is 0.543. The molecular weight excluding hydrogens is 394 g/mol. The van der Waals surface area contributed by atoms with E-state index in [-0.39, 0.29) is 6.61 Å². The summed E-state index contributed by atoms with van der Waals surface area (Å²) in [4.78, 5) is 9.03. The fourth-order valence-electron chi connectivity index (χ4n) is 3.45. The number of anilines is 2. The Bertz CT molecular complexity index is 1280. The summed E-state index contributed by atoms with van der Waals surface area (Å²) < 4.78 is 32.3. The minimum atomic E-state index is -3.43. The molecular formula is C20H17N3O3S2. The van der Waals surface area contributed by atoms with Gasteiger partial charge in [-0.15, -0.1) is 11.3 Å². The van der Waals surface area contributed by atoms with E-state index >= 15 is 0 Å². The average molecular weight is 412 g/mol. The Morgan fingerprint density at radius 1 is 1.07 bits per heavy atom. The van der Waals surface area contributed by atoms with Gasteiger partial charge in [-0.25, -0.2) is 13.4 Å². The van der Waals surface area contributed by atoms with Gasteiger partial charge in [0.2, 0.25) is 0 Å². The normalized spacial score (nSPS) is 17.4. The Morgan fingerprint density at radius 2 is 2.00 bits per heavy atom. The number of nitrogens with zero attached hydrogens (tertiary/aromatic N) is 2. The zero-order chi connectivity index (χ0) is 19.1. The van der Waals surface area contributed by atoms with Gasteiger partial charge in [0.25, 0.3) is 0 Å². The van der Waals surface area contributed by atoms with E-state index in [4.69, 9.17) is 4.74 Å². The summed E-state index contributed by atoms with van der Waals surface area (Å²) >= 11 is 1.60. The molecule has 0 amide bonds. The molecule has 1 fully saturated rings. The molecule has 2 aromatic carbocycles. The topological polar surface area (TPSA) is 81.2 Å². The largest absolute Gasteiger partial charge is 0.380 e. The Hall–Kier alpha value is -2.55. The van der Waals surface area contributed by atoms with Crippen LogP contribution in [0.1, 0.15) is 6.42 Å². The molecule has 6 nitrogen and oxygen atoms in total. The van der Waals surface area contributed by atoms with E-state index in [0.717, 1.165) is 32.5 Å². The van der Waals surface area contributed by atoms with E-state index in [1.165, 1.54) is 0 Å². The third kappa shape index (κ3) is 3.03. The number of hydrogen-bond acceptors (Lipinski definition) is 7. The van der Waals surface area contributed by atoms with Gasteiger partial charge >= 0.3 is 0 Å². The summed E-state index contributed by atoms with van der Waals surface area (Å²) in [6, 6.07) is 12.9. The van der Waals surface area contributed by atoms with Gasteiger partial charge in [-0.3, -0.25) is 4.98 Å². The first-order chi connectivity index (χ1) is 13.6. The van der Waals surface area contributed by atoms with Gasteiger partial charge < -0.3 is 10.1 Å². The van der Waals surface area contributed by atoms with Crippen LogP contribution in [0, 0.1) is 0 Å². The second kappa shape index (κ2) is 6.80. The maximum Gasteiger partial charge on any atom is 0.183 e. The first-order valence-electron chi connectivity index (χ1n) is 8.92. The van der Waals surface area contributed by atoms with Gasteiger partial charge in [0, 0.05) is 29.6 Å². The Balaban J connectivity index is 1.57. The number of thiazole rings is 1. The van der Waals surface area contributed by atoms with Crippen molar-refractivity contribution in [1.29, 1.82) is 0 Å². The molecule has 28 heavy (non-hydrogen) atoms. The highest BCUT2D eigenvalue weighted by atomic mass is 32.2. The van der Waals surface area contributed by atoms with Crippen LogP contribution >= 0.6 is 11.3 Å². The highest BCUT2D eigenvalue weighted by Gasteiger charge is 2.31. The highest BCUT2D eigenvalue weighted by Crippen LogP contribution is 2.31. The van der Waals surface area contributed by atoms with Crippen LogP contribution < -0.4 is 5.32 Å². The van der Waals surface area contributed by atoms with Crippen molar-refractivity contribution < 1.29 is 13.2 Å². The molecule has 0 aliphatic carbocycles. The van der Waals surface area contributed by atoms with Crippen LogP contribution in [0.4, 0.5) is 11.4 Å². The molecule has 4 aromatic rings. The van der Waals surface area contributed by atoms with Crippen LogP contribution in [0.25, 0.3) is 21.1 Å². The van der Waals surface area contributed by atoms with Crippen molar-refractivity contribution in [2.75, 3.05) is 18.5 Å². The molecule has 1 aliphatic heterocycles. The van der Waals surface area contributed by atoms with Crippen LogP contribution in [0.15, 0.2) is 59.1 Å². The molecule has 0 spiro atoms. The van der Waals surface area contributed by atoms with Crippen molar-refractivity contribution in [3.8, 4) is 0 Å². The molecule has 1 saturated heterocycles. The summed E-state index contributed by atoms with van der Waals surface area (Å²) in [7, 11) is -3.43. The lowest BCUT2D eigenvalue weighted by Crippen LogP contribution is -2.21. The minimum Gasteiger partial charge on any atom is -0.380 e. The molecule has 5 rings (SSSR count). The predicted octanol–water partition coefficient (Wildman–Crippen LogP) is 4.15. The van der Waals surface area contributed by atoms with Crippen molar-refractivity contribution in [3.05, 3.63) is 54.2 Å². The monoisotopic (exact) mass is 411 g/mol. The molecule has 1 atom stereocenters. The molecule has 0 saturated carbocycles. The van der Waals surface area contributed by atoms with Crippen molar-refractivity contribution in [2.45, 2.75) is 16.6 Å². The van der Waals surface area contributed by atoms with Crippen molar-refractivity contribution in [3.63, 3.8) is 0 Å². The number of aromatic nitrogens is 2. The van der Waals surface area contributed by atoms with E-state index in [2.05, 4.69) is 15.3 Å². The van der Waals surface area contributed by atoms with Gasteiger partial charge in [-0.2, -0.15) is 0 Å². The van der Waals surface area contributed by atoms with Gasteiger partial charge in [0.05, 0.1) is 38.0 Å². The van der Waals surface area contributed by atoms with Crippen molar-refractivity contribution in [1.82, 2.24) is 9.97 Å². The van der Waals surface area contributed by atoms with Gasteiger partial charge in [-0.1, -0.05) is 0 Å². The van der Waals surface area contributed by atoms with Crippen LogP contribution in [0.3, 0.4) is 0 Å².